The highest BCUT2D eigenvalue weighted by molar-refractivity contribution is 6.19. The number of rotatable bonds is 4. The van der Waals surface area contributed by atoms with E-state index in [0.717, 1.165) is 93.2 Å². The van der Waals surface area contributed by atoms with Crippen LogP contribution in [0, 0.1) is 0 Å². The van der Waals surface area contributed by atoms with Crippen molar-refractivity contribution < 1.29 is 8.83 Å². The number of para-hydroxylation sites is 1. The highest BCUT2D eigenvalue weighted by Crippen LogP contribution is 2.41. The molecule has 5 heteroatoms. The van der Waals surface area contributed by atoms with Crippen molar-refractivity contribution in [2.45, 2.75) is 0 Å². The van der Waals surface area contributed by atoms with Gasteiger partial charge in [-0.05, 0) is 63.7 Å². The van der Waals surface area contributed by atoms with Gasteiger partial charge < -0.3 is 8.83 Å². The van der Waals surface area contributed by atoms with Gasteiger partial charge in [0.25, 0.3) is 0 Å². The van der Waals surface area contributed by atoms with Crippen LogP contribution in [0.3, 0.4) is 0 Å². The molecule has 0 unspecified atom stereocenters. The molecule has 52 heavy (non-hydrogen) atoms. The van der Waals surface area contributed by atoms with E-state index in [0.29, 0.717) is 17.5 Å². The Labute approximate surface area is 297 Å². The van der Waals surface area contributed by atoms with Crippen molar-refractivity contribution in [1.82, 2.24) is 15.0 Å². The minimum atomic E-state index is 0.573. The zero-order valence-corrected chi connectivity index (χ0v) is 27.7. The SMILES string of the molecule is c1ccc(-c2ccc3c(c2)oc2c4ccccc4c(-c4nc(-c5ccc6c(c5)oc5ccccc56)nc(-c5cccc6ccccc56)n4)cc32)cc1. The van der Waals surface area contributed by atoms with Gasteiger partial charge in [-0.25, -0.2) is 15.0 Å². The van der Waals surface area contributed by atoms with Gasteiger partial charge >= 0.3 is 0 Å². The summed E-state index contributed by atoms with van der Waals surface area (Å²) in [4.78, 5) is 15.6. The van der Waals surface area contributed by atoms with Crippen molar-refractivity contribution in [3.8, 4) is 45.3 Å². The van der Waals surface area contributed by atoms with Crippen LogP contribution in [0.25, 0.3) is 111 Å². The largest absolute Gasteiger partial charge is 0.456 e. The lowest BCUT2D eigenvalue weighted by molar-refractivity contribution is 0.669. The number of nitrogens with zero attached hydrogens (tertiary/aromatic N) is 3. The first-order valence-corrected chi connectivity index (χ1v) is 17.3. The molecule has 3 aromatic heterocycles. The summed E-state index contributed by atoms with van der Waals surface area (Å²) >= 11 is 0. The first-order valence-electron chi connectivity index (χ1n) is 17.3. The zero-order valence-electron chi connectivity index (χ0n) is 27.7. The van der Waals surface area contributed by atoms with Gasteiger partial charge in [0.05, 0.1) is 0 Å². The van der Waals surface area contributed by atoms with Crippen LogP contribution in [-0.4, -0.2) is 15.0 Å². The summed E-state index contributed by atoms with van der Waals surface area (Å²) in [6, 6.07) is 56.3. The lowest BCUT2D eigenvalue weighted by Crippen LogP contribution is -2.01. The fourth-order valence-electron chi connectivity index (χ4n) is 7.62. The van der Waals surface area contributed by atoms with Gasteiger partial charge in [0.2, 0.25) is 0 Å². The van der Waals surface area contributed by atoms with Crippen LogP contribution in [0.1, 0.15) is 0 Å². The first-order chi connectivity index (χ1) is 25.7. The lowest BCUT2D eigenvalue weighted by Gasteiger charge is -2.12. The molecule has 0 saturated heterocycles. The number of fused-ring (bicyclic) bond motifs is 9. The van der Waals surface area contributed by atoms with E-state index in [1.165, 1.54) is 0 Å². The fraction of sp³-hybridized carbons (Fsp3) is 0. The van der Waals surface area contributed by atoms with E-state index in [9.17, 15) is 0 Å². The zero-order chi connectivity index (χ0) is 34.2. The topological polar surface area (TPSA) is 65.0 Å². The van der Waals surface area contributed by atoms with Crippen molar-refractivity contribution in [2.75, 3.05) is 0 Å². The van der Waals surface area contributed by atoms with Crippen LogP contribution >= 0.6 is 0 Å². The van der Waals surface area contributed by atoms with Gasteiger partial charge in [0, 0.05) is 43.6 Å². The number of benzene rings is 8. The molecule has 8 aromatic carbocycles. The van der Waals surface area contributed by atoms with Crippen LogP contribution < -0.4 is 0 Å². The molecule has 3 heterocycles. The number of hydrogen-bond acceptors (Lipinski definition) is 5. The second kappa shape index (κ2) is 11.2. The second-order valence-corrected chi connectivity index (χ2v) is 13.2. The molecule has 0 bridgehead atoms. The quantitative estimate of drug-likeness (QED) is 0.187. The van der Waals surface area contributed by atoms with Gasteiger partial charge in [-0.15, -0.1) is 0 Å². The molecule has 0 aliphatic carbocycles. The highest BCUT2D eigenvalue weighted by atomic mass is 16.3. The summed E-state index contributed by atoms with van der Waals surface area (Å²) < 4.78 is 13.0. The van der Waals surface area contributed by atoms with Gasteiger partial charge in [-0.2, -0.15) is 0 Å². The van der Waals surface area contributed by atoms with E-state index in [4.69, 9.17) is 23.8 Å². The molecule has 11 aromatic rings. The second-order valence-electron chi connectivity index (χ2n) is 13.2. The van der Waals surface area contributed by atoms with E-state index >= 15 is 0 Å². The standard InChI is InChI=1S/C47H27N3O2/c1-2-11-28(12-3-1)30-21-23-36-39-27-40(33-16-6-7-18-37(33)44(39)52-43(36)25-30)47-49-45(31-22-24-35-34-17-8-9-20-41(34)51-42(35)26-31)48-46(50-47)38-19-10-14-29-13-4-5-15-32(29)38/h1-27H. The van der Waals surface area contributed by atoms with Crippen molar-refractivity contribution in [3.05, 3.63) is 164 Å². The van der Waals surface area contributed by atoms with Gasteiger partial charge in [-0.1, -0.05) is 127 Å². The fourth-order valence-corrected chi connectivity index (χ4v) is 7.62. The predicted molar refractivity (Wildman–Crippen MR) is 211 cm³/mol. The Bertz CT molecular complexity index is 3190. The maximum absolute atomic E-state index is 6.66. The van der Waals surface area contributed by atoms with Crippen molar-refractivity contribution in [2.24, 2.45) is 0 Å². The minimum absolute atomic E-state index is 0.573. The van der Waals surface area contributed by atoms with Crippen molar-refractivity contribution in [1.29, 1.82) is 0 Å². The van der Waals surface area contributed by atoms with Gasteiger partial charge in [0.15, 0.2) is 17.5 Å². The van der Waals surface area contributed by atoms with Gasteiger partial charge in [0.1, 0.15) is 22.3 Å². The summed E-state index contributed by atoms with van der Waals surface area (Å²) in [6.45, 7) is 0. The Morgan fingerprint density at radius 1 is 0.308 bits per heavy atom. The number of furan rings is 2. The smallest absolute Gasteiger partial charge is 0.164 e. The average Bonchev–Trinajstić information content (AvgIpc) is 3.78. The van der Waals surface area contributed by atoms with Crippen LogP contribution in [0.2, 0.25) is 0 Å². The van der Waals surface area contributed by atoms with Gasteiger partial charge in [-0.3, -0.25) is 0 Å². The third-order valence-corrected chi connectivity index (χ3v) is 10.1. The van der Waals surface area contributed by atoms with Crippen molar-refractivity contribution in [3.63, 3.8) is 0 Å². The molecule has 5 nitrogen and oxygen atoms in total. The van der Waals surface area contributed by atoms with Crippen LogP contribution in [0.5, 0.6) is 0 Å². The molecule has 0 fully saturated rings. The van der Waals surface area contributed by atoms with E-state index in [1.54, 1.807) is 0 Å². The first kappa shape index (κ1) is 28.7. The molecule has 0 aliphatic heterocycles. The molecule has 0 aliphatic rings. The average molecular weight is 666 g/mol. The van der Waals surface area contributed by atoms with Crippen LogP contribution in [0.4, 0.5) is 0 Å². The number of aromatic nitrogens is 3. The van der Waals surface area contributed by atoms with Crippen LogP contribution in [-0.2, 0) is 0 Å². The summed E-state index contributed by atoms with van der Waals surface area (Å²) in [5.74, 6) is 1.77. The molecule has 0 radical (unpaired) electrons. The van der Waals surface area contributed by atoms with E-state index < -0.39 is 0 Å². The summed E-state index contributed by atoms with van der Waals surface area (Å²) in [7, 11) is 0. The third-order valence-electron chi connectivity index (χ3n) is 10.1. The Hall–Kier alpha value is -7.11. The molecule has 242 valence electrons. The monoisotopic (exact) mass is 665 g/mol. The Balaban J connectivity index is 1.17. The Kier molecular flexibility index (Phi) is 6.18. The maximum atomic E-state index is 6.66. The summed E-state index contributed by atoms with van der Waals surface area (Å²) in [5, 5.41) is 8.41. The minimum Gasteiger partial charge on any atom is -0.456 e. The third kappa shape index (κ3) is 4.46. The molecule has 0 N–H and O–H groups in total. The van der Waals surface area contributed by atoms with Crippen LogP contribution in [0.15, 0.2) is 173 Å². The molecule has 0 atom stereocenters. The summed E-state index contributed by atoms with van der Waals surface area (Å²) in [5.41, 5.74) is 8.29. The molecule has 0 spiro atoms. The van der Waals surface area contributed by atoms with Crippen molar-refractivity contribution >= 4 is 65.4 Å². The Morgan fingerprint density at radius 2 is 0.904 bits per heavy atom. The summed E-state index contributed by atoms with van der Waals surface area (Å²) in [6.07, 6.45) is 0. The molecule has 0 saturated carbocycles. The number of hydrogen-bond donors (Lipinski definition) is 0. The van der Waals surface area contributed by atoms with E-state index in [2.05, 4.69) is 133 Å². The molecular weight excluding hydrogens is 639 g/mol. The predicted octanol–water partition coefficient (Wildman–Crippen LogP) is 12.6. The molecule has 11 rings (SSSR count). The molecular formula is C47H27N3O2. The van der Waals surface area contributed by atoms with E-state index in [1.807, 2.05) is 30.3 Å². The molecule has 0 amide bonds. The maximum Gasteiger partial charge on any atom is 0.164 e. The lowest BCUT2D eigenvalue weighted by atomic mass is 9.98. The normalized spacial score (nSPS) is 11.8. The van der Waals surface area contributed by atoms with E-state index in [-0.39, 0.29) is 0 Å². The Morgan fingerprint density at radius 3 is 1.77 bits per heavy atom. The highest BCUT2D eigenvalue weighted by Gasteiger charge is 2.20.